The van der Waals surface area contributed by atoms with E-state index < -0.39 is 0 Å². The third kappa shape index (κ3) is 2.95. The summed E-state index contributed by atoms with van der Waals surface area (Å²) >= 11 is 3.51. The summed E-state index contributed by atoms with van der Waals surface area (Å²) < 4.78 is 6.22. The molecule has 0 radical (unpaired) electrons. The summed E-state index contributed by atoms with van der Waals surface area (Å²) in [5.41, 5.74) is 1.17. The average molecular weight is 298 g/mol. The van der Waals surface area contributed by atoms with Crippen molar-refractivity contribution in [2.75, 3.05) is 12.4 Å². The molecule has 94 valence electrons. The van der Waals surface area contributed by atoms with Crippen LogP contribution in [0.5, 0.6) is 5.75 Å². The van der Waals surface area contributed by atoms with E-state index in [9.17, 15) is 0 Å². The number of halogens is 1. The van der Waals surface area contributed by atoms with Gasteiger partial charge in [-0.15, -0.1) is 0 Å². The molecular weight excluding hydrogens is 278 g/mol. The van der Waals surface area contributed by atoms with Crippen LogP contribution in [0.3, 0.4) is 0 Å². The van der Waals surface area contributed by atoms with Crippen LogP contribution < -0.4 is 10.1 Å². The van der Waals surface area contributed by atoms with Gasteiger partial charge >= 0.3 is 0 Å². The van der Waals surface area contributed by atoms with Crippen LogP contribution in [-0.2, 0) is 0 Å². The smallest absolute Gasteiger partial charge is 0.133 e. The molecule has 0 heterocycles. The Labute approximate surface area is 112 Å². The van der Waals surface area contributed by atoms with Gasteiger partial charge in [0.1, 0.15) is 5.75 Å². The highest BCUT2D eigenvalue weighted by molar-refractivity contribution is 9.10. The number of hydrogen-bond donors (Lipinski definition) is 1. The van der Waals surface area contributed by atoms with E-state index in [1.54, 1.807) is 7.11 Å². The van der Waals surface area contributed by atoms with Gasteiger partial charge in [0.05, 0.1) is 11.6 Å². The molecule has 0 spiro atoms. The van der Waals surface area contributed by atoms with Gasteiger partial charge in [-0.25, -0.2) is 0 Å². The largest absolute Gasteiger partial charge is 0.496 e. The minimum Gasteiger partial charge on any atom is -0.496 e. The molecule has 1 fully saturated rings. The molecule has 2 rings (SSSR count). The van der Waals surface area contributed by atoms with Crippen molar-refractivity contribution in [3.05, 3.63) is 22.7 Å². The predicted molar refractivity (Wildman–Crippen MR) is 75.7 cm³/mol. The Morgan fingerprint density at radius 1 is 1.35 bits per heavy atom. The summed E-state index contributed by atoms with van der Waals surface area (Å²) in [7, 11) is 1.69. The minimum absolute atomic E-state index is 0.641. The Morgan fingerprint density at radius 2 is 2.06 bits per heavy atom. The van der Waals surface area contributed by atoms with Crippen LogP contribution in [-0.4, -0.2) is 13.2 Å². The summed E-state index contributed by atoms with van der Waals surface area (Å²) in [5.74, 6) is 2.59. The monoisotopic (exact) mass is 297 g/mol. The van der Waals surface area contributed by atoms with Gasteiger partial charge in [0.2, 0.25) is 0 Å². The van der Waals surface area contributed by atoms with E-state index in [2.05, 4.69) is 47.2 Å². The lowest BCUT2D eigenvalue weighted by atomic mass is 9.73. The molecule has 17 heavy (non-hydrogen) atoms. The zero-order valence-corrected chi connectivity index (χ0v) is 12.3. The normalized spacial score (nSPS) is 23.4. The molecule has 0 amide bonds. The first-order valence-corrected chi connectivity index (χ1v) is 6.99. The van der Waals surface area contributed by atoms with Crippen molar-refractivity contribution in [2.45, 2.75) is 32.7 Å². The summed E-state index contributed by atoms with van der Waals surface area (Å²) in [6, 6.07) is 6.79. The van der Waals surface area contributed by atoms with Crippen LogP contribution in [0, 0.1) is 11.8 Å². The van der Waals surface area contributed by atoms with Crippen molar-refractivity contribution >= 4 is 21.6 Å². The van der Waals surface area contributed by atoms with E-state index in [1.165, 1.54) is 18.5 Å². The molecule has 1 N–H and O–H groups in total. The van der Waals surface area contributed by atoms with Gasteiger partial charge in [0.15, 0.2) is 0 Å². The minimum atomic E-state index is 0.641. The Hall–Kier alpha value is -0.700. The number of nitrogens with one attached hydrogen (secondary N) is 1. The maximum atomic E-state index is 5.22. The van der Waals surface area contributed by atoms with E-state index >= 15 is 0 Å². The van der Waals surface area contributed by atoms with Crippen LogP contribution >= 0.6 is 15.9 Å². The highest BCUT2D eigenvalue weighted by atomic mass is 79.9. The third-order valence-electron chi connectivity index (χ3n) is 3.64. The number of anilines is 1. The van der Waals surface area contributed by atoms with Crippen molar-refractivity contribution in [1.82, 2.24) is 0 Å². The fraction of sp³-hybridized carbons (Fsp3) is 0.571. The van der Waals surface area contributed by atoms with Gasteiger partial charge in [-0.1, -0.05) is 13.8 Å². The van der Waals surface area contributed by atoms with Gasteiger partial charge in [0, 0.05) is 11.7 Å². The summed E-state index contributed by atoms with van der Waals surface area (Å²) in [5, 5.41) is 3.57. The molecule has 0 aromatic heterocycles. The summed E-state index contributed by atoms with van der Waals surface area (Å²) in [6.07, 6.45) is 2.59. The van der Waals surface area contributed by atoms with Gasteiger partial charge in [0.25, 0.3) is 0 Å². The van der Waals surface area contributed by atoms with Crippen molar-refractivity contribution in [3.8, 4) is 5.75 Å². The molecule has 1 aromatic carbocycles. The molecule has 0 unspecified atom stereocenters. The second-order valence-electron chi connectivity index (χ2n) is 5.17. The van der Waals surface area contributed by atoms with Crippen molar-refractivity contribution in [3.63, 3.8) is 0 Å². The highest BCUT2D eigenvalue weighted by Gasteiger charge is 2.30. The van der Waals surface area contributed by atoms with E-state index in [1.807, 2.05) is 6.07 Å². The molecular formula is C14H20BrNO. The molecule has 0 saturated heterocycles. The molecule has 3 heteroatoms. The van der Waals surface area contributed by atoms with Gasteiger partial charge in [-0.05, 0) is 58.8 Å². The highest BCUT2D eigenvalue weighted by Crippen LogP contribution is 2.36. The number of hydrogen-bond acceptors (Lipinski definition) is 2. The first-order chi connectivity index (χ1) is 8.10. The van der Waals surface area contributed by atoms with Crippen LogP contribution in [0.15, 0.2) is 22.7 Å². The molecule has 0 bridgehead atoms. The maximum absolute atomic E-state index is 5.22. The first kappa shape index (κ1) is 12.7. The summed E-state index contributed by atoms with van der Waals surface area (Å²) in [6.45, 7) is 4.62. The first-order valence-electron chi connectivity index (χ1n) is 6.20. The van der Waals surface area contributed by atoms with E-state index in [0.29, 0.717) is 6.04 Å². The molecule has 1 aliphatic carbocycles. The maximum Gasteiger partial charge on any atom is 0.133 e. The molecule has 0 aliphatic heterocycles. The van der Waals surface area contributed by atoms with Crippen molar-refractivity contribution in [2.24, 2.45) is 11.8 Å². The predicted octanol–water partition coefficient (Wildman–Crippen LogP) is 4.30. The van der Waals surface area contributed by atoms with Crippen LogP contribution in [0.25, 0.3) is 0 Å². The molecule has 1 aliphatic rings. The van der Waals surface area contributed by atoms with E-state index in [-0.39, 0.29) is 0 Å². The third-order valence-corrected chi connectivity index (χ3v) is 4.26. The zero-order chi connectivity index (χ0) is 12.4. The lowest BCUT2D eigenvalue weighted by Crippen LogP contribution is -2.37. The zero-order valence-electron chi connectivity index (χ0n) is 10.7. The van der Waals surface area contributed by atoms with Crippen LogP contribution in [0.1, 0.15) is 26.7 Å². The molecule has 2 nitrogen and oxygen atoms in total. The van der Waals surface area contributed by atoms with Crippen molar-refractivity contribution in [1.29, 1.82) is 0 Å². The second kappa shape index (κ2) is 5.30. The van der Waals surface area contributed by atoms with E-state index in [4.69, 9.17) is 4.74 Å². The van der Waals surface area contributed by atoms with Gasteiger partial charge in [-0.2, -0.15) is 0 Å². The number of benzene rings is 1. The fourth-order valence-electron chi connectivity index (χ4n) is 2.32. The Bertz CT molecular complexity index is 386. The fourth-order valence-corrected chi connectivity index (χ4v) is 2.86. The van der Waals surface area contributed by atoms with Crippen LogP contribution in [0.4, 0.5) is 5.69 Å². The Morgan fingerprint density at radius 3 is 2.59 bits per heavy atom. The number of methoxy groups -OCH3 is 1. The lowest BCUT2D eigenvalue weighted by molar-refractivity contribution is 0.212. The SMILES string of the molecule is COc1ccc(NC2CC(C(C)C)C2)cc1Br. The van der Waals surface area contributed by atoms with E-state index in [0.717, 1.165) is 22.1 Å². The van der Waals surface area contributed by atoms with Crippen molar-refractivity contribution < 1.29 is 4.74 Å². The second-order valence-corrected chi connectivity index (χ2v) is 6.02. The van der Waals surface area contributed by atoms with Gasteiger partial charge < -0.3 is 10.1 Å². The average Bonchev–Trinajstić information content (AvgIpc) is 2.22. The topological polar surface area (TPSA) is 21.3 Å². The number of rotatable bonds is 4. The Balaban J connectivity index is 1.90. The lowest BCUT2D eigenvalue weighted by Gasteiger charge is -2.39. The quantitative estimate of drug-likeness (QED) is 0.894. The molecule has 1 saturated carbocycles. The Kier molecular flexibility index (Phi) is 3.97. The van der Waals surface area contributed by atoms with Gasteiger partial charge in [-0.3, -0.25) is 0 Å². The number of ether oxygens (including phenoxy) is 1. The van der Waals surface area contributed by atoms with Crippen LogP contribution in [0.2, 0.25) is 0 Å². The standard InChI is InChI=1S/C14H20BrNO/c1-9(2)10-6-12(7-10)16-11-4-5-14(17-3)13(15)8-11/h4-5,8-10,12,16H,6-7H2,1-3H3. The molecule has 1 aromatic rings. The summed E-state index contributed by atoms with van der Waals surface area (Å²) in [4.78, 5) is 0. The molecule has 0 atom stereocenters.